The van der Waals surface area contributed by atoms with Crippen LogP contribution < -0.4 is 5.32 Å². The molecule has 1 saturated heterocycles. The second-order valence-corrected chi connectivity index (χ2v) is 5.27. The first-order chi connectivity index (χ1) is 6.74. The van der Waals surface area contributed by atoms with Gasteiger partial charge in [0, 0.05) is 31.7 Å². The Morgan fingerprint density at radius 2 is 2.21 bits per heavy atom. The maximum absolute atomic E-state index is 3.52. The van der Waals surface area contributed by atoms with Gasteiger partial charge in [0.15, 0.2) is 0 Å². The number of nitrogens with zero attached hydrogens (tertiary/aromatic N) is 1. The molecule has 0 radical (unpaired) electrons. The Hall–Kier alpha value is -0.0800. The van der Waals surface area contributed by atoms with E-state index in [1.54, 1.807) is 0 Å². The summed E-state index contributed by atoms with van der Waals surface area (Å²) in [4.78, 5) is 2.73. The normalized spacial score (nSPS) is 35.6. The predicted molar refractivity (Wildman–Crippen MR) is 60.5 cm³/mol. The first kappa shape index (κ1) is 10.4. The molecule has 0 spiro atoms. The molecule has 82 valence electrons. The van der Waals surface area contributed by atoms with Crippen molar-refractivity contribution in [2.45, 2.75) is 45.1 Å². The van der Waals surface area contributed by atoms with Gasteiger partial charge in [0.1, 0.15) is 0 Å². The van der Waals surface area contributed by atoms with Crippen molar-refractivity contribution >= 4 is 0 Å². The number of rotatable bonds is 3. The summed E-state index contributed by atoms with van der Waals surface area (Å²) in [5.74, 6) is 1.01. The van der Waals surface area contributed by atoms with Gasteiger partial charge >= 0.3 is 0 Å². The average Bonchev–Trinajstić information content (AvgIpc) is 2.14. The van der Waals surface area contributed by atoms with Crippen LogP contribution >= 0.6 is 0 Å². The lowest BCUT2D eigenvalue weighted by atomic mass is 9.83. The predicted octanol–water partition coefficient (Wildman–Crippen LogP) is 1.86. The Kier molecular flexibility index (Phi) is 3.13. The molecule has 1 N–H and O–H groups in total. The first-order valence-electron chi connectivity index (χ1n) is 6.20. The van der Waals surface area contributed by atoms with Crippen molar-refractivity contribution in [1.82, 2.24) is 10.2 Å². The zero-order chi connectivity index (χ0) is 10.0. The fourth-order valence-corrected chi connectivity index (χ4v) is 2.60. The van der Waals surface area contributed by atoms with Gasteiger partial charge in [-0.1, -0.05) is 13.3 Å². The van der Waals surface area contributed by atoms with Crippen LogP contribution in [-0.4, -0.2) is 36.6 Å². The van der Waals surface area contributed by atoms with Crippen molar-refractivity contribution in [1.29, 1.82) is 0 Å². The van der Waals surface area contributed by atoms with E-state index in [1.165, 1.54) is 51.9 Å². The van der Waals surface area contributed by atoms with Gasteiger partial charge in [0.25, 0.3) is 0 Å². The monoisotopic (exact) mass is 196 g/mol. The average molecular weight is 196 g/mol. The zero-order valence-electron chi connectivity index (χ0n) is 9.68. The second kappa shape index (κ2) is 4.19. The summed E-state index contributed by atoms with van der Waals surface area (Å²) in [6.07, 6.45) is 5.69. The summed E-state index contributed by atoms with van der Waals surface area (Å²) in [6.45, 7) is 9.70. The summed E-state index contributed by atoms with van der Waals surface area (Å²) in [7, 11) is 0. The van der Waals surface area contributed by atoms with Crippen LogP contribution in [0, 0.1) is 5.92 Å². The van der Waals surface area contributed by atoms with Gasteiger partial charge in [0.2, 0.25) is 0 Å². The van der Waals surface area contributed by atoms with Crippen LogP contribution in [0.3, 0.4) is 0 Å². The first-order valence-corrected chi connectivity index (χ1v) is 6.20. The summed E-state index contributed by atoms with van der Waals surface area (Å²) >= 11 is 0. The third-order valence-corrected chi connectivity index (χ3v) is 4.29. The van der Waals surface area contributed by atoms with Gasteiger partial charge in [-0.25, -0.2) is 0 Å². The molecule has 1 aliphatic heterocycles. The van der Waals surface area contributed by atoms with Crippen LogP contribution in [0.15, 0.2) is 0 Å². The summed E-state index contributed by atoms with van der Waals surface area (Å²) in [6, 6.07) is 0. The molecule has 1 unspecified atom stereocenters. The quantitative estimate of drug-likeness (QED) is 0.741. The van der Waals surface area contributed by atoms with Crippen molar-refractivity contribution in [3.63, 3.8) is 0 Å². The maximum atomic E-state index is 3.52. The van der Waals surface area contributed by atoms with Crippen molar-refractivity contribution in [2.75, 3.05) is 26.2 Å². The van der Waals surface area contributed by atoms with Crippen LogP contribution in [0.2, 0.25) is 0 Å². The fourth-order valence-electron chi connectivity index (χ4n) is 2.60. The number of hydrogen-bond donors (Lipinski definition) is 1. The molecule has 2 nitrogen and oxygen atoms in total. The molecule has 0 amide bonds. The molecule has 0 aromatic rings. The minimum Gasteiger partial charge on any atom is -0.314 e. The fraction of sp³-hybridized carbons (Fsp3) is 1.00. The molecule has 1 atom stereocenters. The van der Waals surface area contributed by atoms with Gasteiger partial charge in [-0.05, 0) is 32.1 Å². The zero-order valence-corrected chi connectivity index (χ0v) is 9.68. The molecule has 2 aliphatic rings. The lowest BCUT2D eigenvalue weighted by molar-refractivity contribution is 0.0411. The number of piperazine rings is 1. The summed E-state index contributed by atoms with van der Waals surface area (Å²) < 4.78 is 0. The van der Waals surface area contributed by atoms with E-state index in [0.717, 1.165) is 5.92 Å². The highest BCUT2D eigenvalue weighted by Gasteiger charge is 2.34. The highest BCUT2D eigenvalue weighted by atomic mass is 15.3. The maximum Gasteiger partial charge on any atom is 0.0303 e. The molecular weight excluding hydrogens is 172 g/mol. The van der Waals surface area contributed by atoms with E-state index in [1.807, 2.05) is 0 Å². The van der Waals surface area contributed by atoms with E-state index in [0.29, 0.717) is 5.54 Å². The third-order valence-electron chi connectivity index (χ3n) is 4.29. The Morgan fingerprint density at radius 1 is 1.43 bits per heavy atom. The van der Waals surface area contributed by atoms with Gasteiger partial charge in [-0.2, -0.15) is 0 Å². The molecule has 2 rings (SSSR count). The molecule has 0 aromatic carbocycles. The Morgan fingerprint density at radius 3 is 2.79 bits per heavy atom. The molecule has 1 aliphatic carbocycles. The molecule has 14 heavy (non-hydrogen) atoms. The minimum absolute atomic E-state index is 0.424. The van der Waals surface area contributed by atoms with E-state index >= 15 is 0 Å². The lowest BCUT2D eigenvalue weighted by Crippen LogP contribution is -2.60. The van der Waals surface area contributed by atoms with Crippen molar-refractivity contribution in [3.8, 4) is 0 Å². The van der Waals surface area contributed by atoms with E-state index in [-0.39, 0.29) is 0 Å². The number of hydrogen-bond acceptors (Lipinski definition) is 2. The molecular formula is C12H24N2. The largest absolute Gasteiger partial charge is 0.314 e. The Bertz CT molecular complexity index is 189. The van der Waals surface area contributed by atoms with Gasteiger partial charge in [-0.3, -0.25) is 4.90 Å². The van der Waals surface area contributed by atoms with Gasteiger partial charge < -0.3 is 5.32 Å². The Balaban J connectivity index is 1.91. The third kappa shape index (κ3) is 1.96. The van der Waals surface area contributed by atoms with Gasteiger partial charge in [0.05, 0.1) is 0 Å². The van der Waals surface area contributed by atoms with Crippen LogP contribution in [-0.2, 0) is 0 Å². The highest BCUT2D eigenvalue weighted by molar-refractivity contribution is 4.92. The van der Waals surface area contributed by atoms with Crippen LogP contribution in [0.5, 0.6) is 0 Å². The van der Waals surface area contributed by atoms with Crippen molar-refractivity contribution in [3.05, 3.63) is 0 Å². The molecule has 0 bridgehead atoms. The minimum atomic E-state index is 0.424. The van der Waals surface area contributed by atoms with Crippen molar-refractivity contribution in [2.24, 2.45) is 5.92 Å². The van der Waals surface area contributed by atoms with Crippen LogP contribution in [0.25, 0.3) is 0 Å². The SMILES string of the molecule is CCC1(C)CNCCN1CC1CCC1. The van der Waals surface area contributed by atoms with Crippen LogP contribution in [0.1, 0.15) is 39.5 Å². The second-order valence-electron chi connectivity index (χ2n) is 5.27. The topological polar surface area (TPSA) is 15.3 Å². The number of nitrogens with one attached hydrogen (secondary N) is 1. The van der Waals surface area contributed by atoms with E-state index in [4.69, 9.17) is 0 Å². The molecule has 1 saturated carbocycles. The molecule has 0 aromatic heterocycles. The van der Waals surface area contributed by atoms with E-state index in [2.05, 4.69) is 24.1 Å². The standard InChI is InChI=1S/C12H24N2/c1-3-12(2)10-13-7-8-14(12)9-11-5-4-6-11/h11,13H,3-10H2,1-2H3. The molecule has 2 heteroatoms. The summed E-state index contributed by atoms with van der Waals surface area (Å²) in [5.41, 5.74) is 0.424. The lowest BCUT2D eigenvalue weighted by Gasteiger charge is -2.47. The van der Waals surface area contributed by atoms with E-state index < -0.39 is 0 Å². The molecule has 2 fully saturated rings. The highest BCUT2D eigenvalue weighted by Crippen LogP contribution is 2.30. The smallest absolute Gasteiger partial charge is 0.0303 e. The van der Waals surface area contributed by atoms with Crippen molar-refractivity contribution < 1.29 is 0 Å². The Labute approximate surface area is 88.1 Å². The summed E-state index contributed by atoms with van der Waals surface area (Å²) in [5, 5.41) is 3.52. The van der Waals surface area contributed by atoms with E-state index in [9.17, 15) is 0 Å². The van der Waals surface area contributed by atoms with Gasteiger partial charge in [-0.15, -0.1) is 0 Å². The van der Waals surface area contributed by atoms with Crippen LogP contribution in [0.4, 0.5) is 0 Å². The molecule has 1 heterocycles.